The molecule has 0 rings (SSSR count). The first-order valence-corrected chi connectivity index (χ1v) is 1.82. The predicted molar refractivity (Wildman–Crippen MR) is 23.8 cm³/mol. The molecule has 0 N–H and O–H groups in total. The quantitative estimate of drug-likeness (QED) is 0.429. The Morgan fingerprint density at radius 2 is 1.88 bits per heavy atom. The Morgan fingerprint density at radius 1 is 1.38 bits per heavy atom. The summed E-state index contributed by atoms with van der Waals surface area (Å²) in [4.78, 5) is 0. The third-order valence-electron chi connectivity index (χ3n) is 0.518. The van der Waals surface area contributed by atoms with Crippen molar-refractivity contribution in [2.75, 3.05) is 0 Å². The molecule has 0 aliphatic rings. The standard InChI is InChI=1S/C5H3F3/c1-4(2-3-6)5(7)8/h1H3. The van der Waals surface area contributed by atoms with Crippen LogP contribution in [-0.2, 0) is 0 Å². The molecule has 8 heavy (non-hydrogen) atoms. The summed E-state index contributed by atoms with van der Waals surface area (Å²) >= 11 is 0. The van der Waals surface area contributed by atoms with Gasteiger partial charge >= 0.3 is 0 Å². The summed E-state index contributed by atoms with van der Waals surface area (Å²) in [6.45, 7) is 1.04. The van der Waals surface area contributed by atoms with Crippen LogP contribution in [-0.4, -0.2) is 0 Å². The second-order valence-electron chi connectivity index (χ2n) is 1.10. The summed E-state index contributed by atoms with van der Waals surface area (Å²) < 4.78 is 33.3. The molecule has 0 aromatic carbocycles. The van der Waals surface area contributed by atoms with Gasteiger partial charge in [-0.15, -0.1) is 4.39 Å². The van der Waals surface area contributed by atoms with Gasteiger partial charge in [0, 0.05) is 0 Å². The summed E-state index contributed by atoms with van der Waals surface area (Å²) in [5.41, 5.74) is -0.521. The number of hydrogen-bond acceptors (Lipinski definition) is 0. The van der Waals surface area contributed by atoms with Crippen molar-refractivity contribution >= 4 is 0 Å². The number of allylic oxidation sites excluding steroid dienone is 1. The molecule has 0 bridgehead atoms. The van der Waals surface area contributed by atoms with Gasteiger partial charge < -0.3 is 0 Å². The first-order valence-electron chi connectivity index (χ1n) is 1.82. The Labute approximate surface area is 45.0 Å². The minimum Gasteiger partial charge on any atom is -0.172 e. The fourth-order valence-electron chi connectivity index (χ4n) is 0.118. The average Bonchev–Trinajstić information content (AvgIpc) is 1.67. The molecule has 44 valence electrons. The number of rotatable bonds is 0. The van der Waals surface area contributed by atoms with Crippen LogP contribution >= 0.6 is 0 Å². The Morgan fingerprint density at radius 3 is 2.00 bits per heavy atom. The molecule has 0 amide bonds. The maximum Gasteiger partial charge on any atom is 0.281 e. The molecular formula is C5H3F3. The smallest absolute Gasteiger partial charge is 0.172 e. The molecular weight excluding hydrogens is 117 g/mol. The minimum atomic E-state index is -1.94. The monoisotopic (exact) mass is 120 g/mol. The van der Waals surface area contributed by atoms with Gasteiger partial charge in [-0.05, 0) is 12.8 Å². The van der Waals surface area contributed by atoms with Gasteiger partial charge in [0.2, 0.25) is 0 Å². The van der Waals surface area contributed by atoms with E-state index in [0.717, 1.165) is 13.1 Å². The molecule has 0 unspecified atom stereocenters. The Kier molecular flexibility index (Phi) is 2.78. The van der Waals surface area contributed by atoms with E-state index >= 15 is 0 Å². The van der Waals surface area contributed by atoms with Crippen molar-refractivity contribution in [1.29, 1.82) is 0 Å². The lowest BCUT2D eigenvalue weighted by atomic mass is 10.4. The van der Waals surface area contributed by atoms with Crippen molar-refractivity contribution in [2.24, 2.45) is 0 Å². The molecule has 0 saturated carbocycles. The summed E-state index contributed by atoms with van der Waals surface area (Å²) in [7, 11) is 0. The maximum absolute atomic E-state index is 11.2. The molecule has 0 heterocycles. The summed E-state index contributed by atoms with van der Waals surface area (Å²) in [5.74, 6) is 1.56. The van der Waals surface area contributed by atoms with E-state index in [9.17, 15) is 13.2 Å². The molecule has 0 aromatic heterocycles. The third-order valence-corrected chi connectivity index (χ3v) is 0.518. The first kappa shape index (κ1) is 7.09. The largest absolute Gasteiger partial charge is 0.281 e. The van der Waals surface area contributed by atoms with Crippen LogP contribution < -0.4 is 0 Å². The lowest BCUT2D eigenvalue weighted by Gasteiger charge is -1.78. The van der Waals surface area contributed by atoms with Crippen molar-refractivity contribution in [3.05, 3.63) is 11.7 Å². The van der Waals surface area contributed by atoms with Gasteiger partial charge in [0.25, 0.3) is 6.08 Å². The van der Waals surface area contributed by atoms with E-state index in [1.165, 1.54) is 0 Å². The van der Waals surface area contributed by atoms with Gasteiger partial charge in [-0.2, -0.15) is 8.78 Å². The van der Waals surface area contributed by atoms with Crippen LogP contribution in [0.4, 0.5) is 13.2 Å². The van der Waals surface area contributed by atoms with Gasteiger partial charge in [-0.3, -0.25) is 0 Å². The van der Waals surface area contributed by atoms with E-state index in [4.69, 9.17) is 0 Å². The van der Waals surface area contributed by atoms with E-state index in [2.05, 4.69) is 0 Å². The molecule has 0 radical (unpaired) electrons. The van der Waals surface area contributed by atoms with Gasteiger partial charge in [-0.25, -0.2) is 0 Å². The molecule has 0 atom stereocenters. The first-order chi connectivity index (χ1) is 3.68. The van der Waals surface area contributed by atoms with Crippen molar-refractivity contribution in [3.63, 3.8) is 0 Å². The zero-order chi connectivity index (χ0) is 6.57. The SMILES string of the molecule is CC(C#CF)=C(F)F. The van der Waals surface area contributed by atoms with E-state index in [1.54, 1.807) is 5.92 Å². The molecule has 0 aliphatic heterocycles. The summed E-state index contributed by atoms with van der Waals surface area (Å²) in [6, 6.07) is 0. The second-order valence-corrected chi connectivity index (χ2v) is 1.10. The minimum absolute atomic E-state index is 0.521. The predicted octanol–water partition coefficient (Wildman–Crippen LogP) is 2.09. The van der Waals surface area contributed by atoms with Gasteiger partial charge in [0.05, 0.1) is 5.57 Å². The highest BCUT2D eigenvalue weighted by Crippen LogP contribution is 2.03. The zero-order valence-corrected chi connectivity index (χ0v) is 4.13. The lowest BCUT2D eigenvalue weighted by Crippen LogP contribution is -1.68. The van der Waals surface area contributed by atoms with Crippen molar-refractivity contribution in [3.8, 4) is 12.1 Å². The van der Waals surface area contributed by atoms with E-state index in [0.29, 0.717) is 0 Å². The summed E-state index contributed by atoms with van der Waals surface area (Å²) in [6.07, 6.45) is -1.07. The van der Waals surface area contributed by atoms with Crippen LogP contribution in [0.1, 0.15) is 6.92 Å². The van der Waals surface area contributed by atoms with E-state index < -0.39 is 11.7 Å². The molecule has 0 spiro atoms. The van der Waals surface area contributed by atoms with E-state index in [1.807, 2.05) is 0 Å². The van der Waals surface area contributed by atoms with Crippen LogP contribution in [0.25, 0.3) is 0 Å². The highest BCUT2D eigenvalue weighted by molar-refractivity contribution is 5.24. The van der Waals surface area contributed by atoms with Gasteiger partial charge in [0.1, 0.15) is 6.17 Å². The van der Waals surface area contributed by atoms with Crippen molar-refractivity contribution < 1.29 is 13.2 Å². The van der Waals surface area contributed by atoms with Crippen molar-refractivity contribution in [2.45, 2.75) is 6.92 Å². The molecule has 0 nitrogen and oxygen atoms in total. The van der Waals surface area contributed by atoms with Crippen molar-refractivity contribution in [1.82, 2.24) is 0 Å². The highest BCUT2D eigenvalue weighted by Gasteiger charge is 1.92. The van der Waals surface area contributed by atoms with Crippen LogP contribution in [0.3, 0.4) is 0 Å². The molecule has 0 fully saturated rings. The van der Waals surface area contributed by atoms with E-state index in [-0.39, 0.29) is 0 Å². The van der Waals surface area contributed by atoms with Crippen LogP contribution in [0.2, 0.25) is 0 Å². The molecule has 0 aliphatic carbocycles. The molecule has 3 heteroatoms. The Balaban J connectivity index is 4.16. The normalized spacial score (nSPS) is 7.00. The highest BCUT2D eigenvalue weighted by atomic mass is 19.3. The number of halogens is 3. The fraction of sp³-hybridized carbons (Fsp3) is 0.200. The summed E-state index contributed by atoms with van der Waals surface area (Å²) in [5, 5.41) is 0. The number of hydrogen-bond donors (Lipinski definition) is 0. The third kappa shape index (κ3) is 2.30. The topological polar surface area (TPSA) is 0 Å². The average molecular weight is 120 g/mol. The van der Waals surface area contributed by atoms with Crippen LogP contribution in [0.5, 0.6) is 0 Å². The van der Waals surface area contributed by atoms with Crippen LogP contribution in [0.15, 0.2) is 11.7 Å². The Hall–Kier alpha value is -0.910. The fourth-order valence-corrected chi connectivity index (χ4v) is 0.118. The molecule has 0 saturated heterocycles. The Bertz CT molecular complexity index is 154. The van der Waals surface area contributed by atoms with Crippen LogP contribution in [0, 0.1) is 12.1 Å². The molecule has 0 aromatic rings. The van der Waals surface area contributed by atoms with Gasteiger partial charge in [0.15, 0.2) is 0 Å². The van der Waals surface area contributed by atoms with Gasteiger partial charge in [-0.1, -0.05) is 0 Å². The second kappa shape index (κ2) is 3.14. The zero-order valence-electron chi connectivity index (χ0n) is 4.13. The maximum atomic E-state index is 11.2. The lowest BCUT2D eigenvalue weighted by molar-refractivity contribution is 0.415.